The first-order valence-corrected chi connectivity index (χ1v) is 6.46. The van der Waals surface area contributed by atoms with E-state index >= 15 is 0 Å². The number of halogens is 2. The lowest BCUT2D eigenvalue weighted by molar-refractivity contribution is 0.0151. The minimum absolute atomic E-state index is 0.107. The highest BCUT2D eigenvalue weighted by atomic mass is 35.5. The number of fused-ring (bicyclic) bond motifs is 1. The number of imidazole rings is 1. The van der Waals surface area contributed by atoms with Crippen molar-refractivity contribution in [2.24, 2.45) is 0 Å². The number of hydrogen-bond acceptors (Lipinski definition) is 5. The van der Waals surface area contributed by atoms with Gasteiger partial charge in [0.2, 0.25) is 0 Å². The van der Waals surface area contributed by atoms with Crippen molar-refractivity contribution in [1.29, 1.82) is 0 Å². The van der Waals surface area contributed by atoms with Gasteiger partial charge in [-0.1, -0.05) is 0 Å². The van der Waals surface area contributed by atoms with E-state index in [1.54, 1.807) is 6.33 Å². The van der Waals surface area contributed by atoms with Crippen molar-refractivity contribution in [2.75, 3.05) is 11.6 Å². The highest BCUT2D eigenvalue weighted by Crippen LogP contribution is 2.34. The number of anilines is 1. The standard InChI is InChI=1S/C10H11Cl2N5O/c11-2-6-5(12)1-7(18-6)17-4-16-8-9(13)14-3-15-10(8)17/h3-7H,1-2H2,(H2,13,14,15)/t5-,6+,7+/m0/s1. The second-order valence-electron chi connectivity index (χ2n) is 4.12. The first kappa shape index (κ1) is 12.0. The first-order chi connectivity index (χ1) is 8.70. The molecule has 0 saturated carbocycles. The molecule has 2 aromatic rings. The monoisotopic (exact) mass is 287 g/mol. The fraction of sp³-hybridized carbons (Fsp3) is 0.500. The molecule has 0 amide bonds. The molecule has 1 saturated heterocycles. The molecule has 1 aliphatic rings. The molecule has 0 spiro atoms. The van der Waals surface area contributed by atoms with E-state index in [1.807, 2.05) is 4.57 Å². The van der Waals surface area contributed by atoms with Gasteiger partial charge in [-0.05, 0) is 0 Å². The minimum Gasteiger partial charge on any atom is -0.382 e. The van der Waals surface area contributed by atoms with Gasteiger partial charge in [0, 0.05) is 6.42 Å². The van der Waals surface area contributed by atoms with Crippen molar-refractivity contribution in [3.8, 4) is 0 Å². The number of ether oxygens (including phenoxy) is 1. The summed E-state index contributed by atoms with van der Waals surface area (Å²) in [6.07, 6.45) is 3.34. The Bertz CT molecular complexity index is 574. The maximum atomic E-state index is 6.17. The van der Waals surface area contributed by atoms with Crippen molar-refractivity contribution in [2.45, 2.75) is 24.1 Å². The quantitative estimate of drug-likeness (QED) is 0.848. The second kappa shape index (κ2) is 4.53. The van der Waals surface area contributed by atoms with Gasteiger partial charge in [0.15, 0.2) is 11.5 Å². The molecule has 0 aliphatic carbocycles. The lowest BCUT2D eigenvalue weighted by atomic mass is 10.2. The van der Waals surface area contributed by atoms with Crippen molar-refractivity contribution < 1.29 is 4.74 Å². The lowest BCUT2D eigenvalue weighted by Crippen LogP contribution is -2.17. The van der Waals surface area contributed by atoms with Crippen LogP contribution < -0.4 is 5.73 Å². The summed E-state index contributed by atoms with van der Waals surface area (Å²) in [6, 6.07) is 0. The third-order valence-corrected chi connectivity index (χ3v) is 3.77. The number of nitrogens with two attached hydrogens (primary N) is 1. The van der Waals surface area contributed by atoms with Gasteiger partial charge in [0.1, 0.15) is 18.1 Å². The van der Waals surface area contributed by atoms with Crippen molar-refractivity contribution in [1.82, 2.24) is 19.5 Å². The molecule has 1 aliphatic heterocycles. The van der Waals surface area contributed by atoms with Crippen LogP contribution in [-0.2, 0) is 4.74 Å². The summed E-state index contributed by atoms with van der Waals surface area (Å²) in [5, 5.41) is -0.107. The highest BCUT2D eigenvalue weighted by molar-refractivity contribution is 6.23. The molecule has 3 atom stereocenters. The summed E-state index contributed by atoms with van der Waals surface area (Å²) in [6.45, 7) is 0. The molecule has 2 aromatic heterocycles. The smallest absolute Gasteiger partial charge is 0.167 e. The topological polar surface area (TPSA) is 78.9 Å². The van der Waals surface area contributed by atoms with Crippen LogP contribution in [0.15, 0.2) is 12.7 Å². The normalized spacial score (nSPS) is 28.0. The molecule has 8 heteroatoms. The molecule has 0 bridgehead atoms. The Balaban J connectivity index is 1.99. The lowest BCUT2D eigenvalue weighted by Gasteiger charge is -2.13. The van der Waals surface area contributed by atoms with E-state index in [4.69, 9.17) is 33.7 Å². The first-order valence-electron chi connectivity index (χ1n) is 5.49. The van der Waals surface area contributed by atoms with Gasteiger partial charge in [0.05, 0.1) is 23.7 Å². The molecule has 0 aromatic carbocycles. The Morgan fingerprint density at radius 3 is 3.00 bits per heavy atom. The second-order valence-corrected chi connectivity index (χ2v) is 4.99. The maximum absolute atomic E-state index is 6.17. The predicted octanol–water partition coefficient (Wildman–Crippen LogP) is 1.54. The highest BCUT2D eigenvalue weighted by Gasteiger charge is 2.35. The largest absolute Gasteiger partial charge is 0.382 e. The molecular formula is C10H11Cl2N5O. The summed E-state index contributed by atoms with van der Waals surface area (Å²) in [4.78, 5) is 12.3. The third kappa shape index (κ3) is 1.81. The summed E-state index contributed by atoms with van der Waals surface area (Å²) < 4.78 is 7.59. The fourth-order valence-corrected chi connectivity index (χ4v) is 2.76. The Hall–Kier alpha value is -1.11. The zero-order valence-electron chi connectivity index (χ0n) is 9.33. The minimum atomic E-state index is -0.212. The van der Waals surface area contributed by atoms with E-state index in [0.717, 1.165) is 0 Å². The van der Waals surface area contributed by atoms with E-state index in [-0.39, 0.29) is 17.7 Å². The number of nitrogens with zero attached hydrogens (tertiary/aromatic N) is 4. The van der Waals surface area contributed by atoms with Gasteiger partial charge in [-0.15, -0.1) is 23.2 Å². The Labute approximate surface area is 113 Å². The summed E-state index contributed by atoms with van der Waals surface area (Å²) in [5.41, 5.74) is 6.95. The molecule has 0 radical (unpaired) electrons. The van der Waals surface area contributed by atoms with Crippen LogP contribution in [0.4, 0.5) is 5.82 Å². The van der Waals surface area contributed by atoms with Crippen molar-refractivity contribution in [3.63, 3.8) is 0 Å². The fourth-order valence-electron chi connectivity index (χ4n) is 2.08. The van der Waals surface area contributed by atoms with Crippen LogP contribution in [0.2, 0.25) is 0 Å². The maximum Gasteiger partial charge on any atom is 0.167 e. The molecule has 1 fully saturated rings. The average Bonchev–Trinajstić information content (AvgIpc) is 2.93. The van der Waals surface area contributed by atoms with Crippen LogP contribution in [0.3, 0.4) is 0 Å². The van der Waals surface area contributed by atoms with Gasteiger partial charge in [0.25, 0.3) is 0 Å². The van der Waals surface area contributed by atoms with E-state index in [9.17, 15) is 0 Å². The molecule has 0 unspecified atom stereocenters. The zero-order valence-corrected chi connectivity index (χ0v) is 10.8. The SMILES string of the molecule is Nc1ncnc2c1ncn2[C@H]1C[C@H](Cl)[C@@H](CCl)O1. The van der Waals surface area contributed by atoms with Gasteiger partial charge in [-0.3, -0.25) is 4.57 Å². The van der Waals surface area contributed by atoms with E-state index in [0.29, 0.717) is 29.3 Å². The van der Waals surface area contributed by atoms with E-state index in [1.165, 1.54) is 6.33 Å². The Morgan fingerprint density at radius 2 is 2.28 bits per heavy atom. The molecule has 18 heavy (non-hydrogen) atoms. The number of nitrogen functional groups attached to an aromatic ring is 1. The number of alkyl halides is 2. The summed E-state index contributed by atoms with van der Waals surface area (Å²) in [5.74, 6) is 0.724. The van der Waals surface area contributed by atoms with Crippen molar-refractivity contribution >= 4 is 40.2 Å². The molecule has 6 nitrogen and oxygen atoms in total. The average molecular weight is 288 g/mol. The molecular weight excluding hydrogens is 277 g/mol. The number of hydrogen-bond donors (Lipinski definition) is 1. The van der Waals surface area contributed by atoms with Crippen LogP contribution in [0.25, 0.3) is 11.2 Å². The summed E-state index contributed by atoms with van der Waals surface area (Å²) in [7, 11) is 0. The molecule has 3 rings (SSSR count). The summed E-state index contributed by atoms with van der Waals surface area (Å²) >= 11 is 12.0. The van der Waals surface area contributed by atoms with Gasteiger partial charge in [-0.2, -0.15) is 0 Å². The molecule has 96 valence electrons. The third-order valence-electron chi connectivity index (χ3n) is 3.01. The van der Waals surface area contributed by atoms with Crippen LogP contribution in [0.5, 0.6) is 0 Å². The Kier molecular flexibility index (Phi) is 3.01. The van der Waals surface area contributed by atoms with Crippen LogP contribution in [0, 0.1) is 0 Å². The molecule has 2 N–H and O–H groups in total. The van der Waals surface area contributed by atoms with Crippen LogP contribution >= 0.6 is 23.2 Å². The molecule has 3 heterocycles. The van der Waals surface area contributed by atoms with Crippen LogP contribution in [0.1, 0.15) is 12.6 Å². The number of rotatable bonds is 2. The van der Waals surface area contributed by atoms with Crippen LogP contribution in [-0.4, -0.2) is 36.9 Å². The Morgan fingerprint density at radius 1 is 1.44 bits per heavy atom. The van der Waals surface area contributed by atoms with Crippen molar-refractivity contribution in [3.05, 3.63) is 12.7 Å². The van der Waals surface area contributed by atoms with Gasteiger partial charge >= 0.3 is 0 Å². The predicted molar refractivity (Wildman–Crippen MR) is 68.6 cm³/mol. The van der Waals surface area contributed by atoms with E-state index in [2.05, 4.69) is 15.0 Å². The van der Waals surface area contributed by atoms with Gasteiger partial charge in [-0.25, -0.2) is 15.0 Å². The number of aromatic nitrogens is 4. The zero-order chi connectivity index (χ0) is 12.7. The van der Waals surface area contributed by atoms with E-state index < -0.39 is 0 Å². The van der Waals surface area contributed by atoms with Gasteiger partial charge < -0.3 is 10.5 Å².